The average Bonchev–Trinajstić information content (AvgIpc) is 2.92. The smallest absolute Gasteiger partial charge is 0.311 e. The van der Waals surface area contributed by atoms with Crippen LogP contribution in [0.2, 0.25) is 0 Å². The van der Waals surface area contributed by atoms with Crippen molar-refractivity contribution in [2.24, 2.45) is 0 Å². The minimum Gasteiger partial charge on any atom is -0.481 e. The largest absolute Gasteiger partial charge is 0.481 e. The standard InChI is InChI=1S/C16H13N3O2/c20-15(21)11-14-17-18-16(12-7-3-1-4-8-12)19(14)13-9-5-2-6-10-13/h1-10H,11H2,(H,20,21). The van der Waals surface area contributed by atoms with E-state index in [1.165, 1.54) is 0 Å². The molecule has 0 aliphatic heterocycles. The molecule has 0 saturated carbocycles. The van der Waals surface area contributed by atoms with Crippen LogP contribution in [0.25, 0.3) is 17.1 Å². The van der Waals surface area contributed by atoms with Crippen molar-refractivity contribution in [2.45, 2.75) is 6.42 Å². The summed E-state index contributed by atoms with van der Waals surface area (Å²) in [5.41, 5.74) is 1.74. The quantitative estimate of drug-likeness (QED) is 0.797. The van der Waals surface area contributed by atoms with Gasteiger partial charge in [-0.2, -0.15) is 0 Å². The third kappa shape index (κ3) is 2.67. The van der Waals surface area contributed by atoms with Gasteiger partial charge in [-0.25, -0.2) is 0 Å². The van der Waals surface area contributed by atoms with E-state index in [1.807, 2.05) is 60.7 Å². The molecule has 5 heteroatoms. The number of para-hydroxylation sites is 1. The summed E-state index contributed by atoms with van der Waals surface area (Å²) in [6.07, 6.45) is -0.172. The van der Waals surface area contributed by atoms with Crippen molar-refractivity contribution in [1.29, 1.82) is 0 Å². The second kappa shape index (κ2) is 5.58. The van der Waals surface area contributed by atoms with Crippen LogP contribution in [-0.4, -0.2) is 25.8 Å². The predicted octanol–water partition coefficient (Wildman–Crippen LogP) is 2.56. The van der Waals surface area contributed by atoms with Gasteiger partial charge in [0.15, 0.2) is 5.82 Å². The lowest BCUT2D eigenvalue weighted by atomic mass is 10.2. The first kappa shape index (κ1) is 13.1. The molecule has 1 heterocycles. The van der Waals surface area contributed by atoms with Crippen LogP contribution >= 0.6 is 0 Å². The number of rotatable bonds is 4. The van der Waals surface area contributed by atoms with E-state index in [9.17, 15) is 4.79 Å². The van der Waals surface area contributed by atoms with Gasteiger partial charge in [-0.05, 0) is 12.1 Å². The third-order valence-electron chi connectivity index (χ3n) is 3.09. The maximum Gasteiger partial charge on any atom is 0.311 e. The van der Waals surface area contributed by atoms with Crippen molar-refractivity contribution in [3.05, 3.63) is 66.5 Å². The van der Waals surface area contributed by atoms with Gasteiger partial charge >= 0.3 is 5.97 Å². The summed E-state index contributed by atoms with van der Waals surface area (Å²) in [5, 5.41) is 17.2. The van der Waals surface area contributed by atoms with Crippen LogP contribution in [0.4, 0.5) is 0 Å². The van der Waals surface area contributed by atoms with Gasteiger partial charge in [0, 0.05) is 11.3 Å². The van der Waals surface area contributed by atoms with E-state index in [2.05, 4.69) is 10.2 Å². The summed E-state index contributed by atoms with van der Waals surface area (Å²) in [5.74, 6) is 0.116. The van der Waals surface area contributed by atoms with Crippen molar-refractivity contribution in [3.8, 4) is 17.1 Å². The molecule has 0 amide bonds. The van der Waals surface area contributed by atoms with Crippen LogP contribution in [0.3, 0.4) is 0 Å². The number of hydrogen-bond donors (Lipinski definition) is 1. The fraction of sp³-hybridized carbons (Fsp3) is 0.0625. The first-order chi connectivity index (χ1) is 10.3. The van der Waals surface area contributed by atoms with Crippen LogP contribution in [0.5, 0.6) is 0 Å². The normalized spacial score (nSPS) is 10.5. The highest BCUT2D eigenvalue weighted by atomic mass is 16.4. The minimum atomic E-state index is -0.931. The molecular formula is C16H13N3O2. The van der Waals surface area contributed by atoms with Gasteiger partial charge in [0.1, 0.15) is 12.2 Å². The van der Waals surface area contributed by atoms with Crippen LogP contribution < -0.4 is 0 Å². The molecule has 0 bridgehead atoms. The Morgan fingerprint density at radius 3 is 2.19 bits per heavy atom. The Bertz CT molecular complexity index is 752. The first-order valence-electron chi connectivity index (χ1n) is 6.52. The van der Waals surface area contributed by atoms with Crippen molar-refractivity contribution in [1.82, 2.24) is 14.8 Å². The number of carboxylic acids is 1. The monoisotopic (exact) mass is 279 g/mol. The van der Waals surface area contributed by atoms with Crippen molar-refractivity contribution in [3.63, 3.8) is 0 Å². The number of nitrogens with zero attached hydrogens (tertiary/aromatic N) is 3. The van der Waals surface area contributed by atoms with Gasteiger partial charge in [-0.1, -0.05) is 48.5 Å². The second-order valence-electron chi connectivity index (χ2n) is 4.55. The molecule has 0 aliphatic rings. The highest BCUT2D eigenvalue weighted by Gasteiger charge is 2.17. The molecule has 5 nitrogen and oxygen atoms in total. The third-order valence-corrected chi connectivity index (χ3v) is 3.09. The van der Waals surface area contributed by atoms with E-state index in [0.717, 1.165) is 11.3 Å². The fourth-order valence-electron chi connectivity index (χ4n) is 2.19. The summed E-state index contributed by atoms with van der Waals surface area (Å²) in [6.45, 7) is 0. The SMILES string of the molecule is O=C(O)Cc1nnc(-c2ccccc2)n1-c1ccccc1. The molecule has 0 atom stereocenters. The second-order valence-corrected chi connectivity index (χ2v) is 4.55. The summed E-state index contributed by atoms with van der Waals surface area (Å²) >= 11 is 0. The fourth-order valence-corrected chi connectivity index (χ4v) is 2.19. The van der Waals surface area contributed by atoms with Gasteiger partial charge in [-0.3, -0.25) is 9.36 Å². The van der Waals surface area contributed by atoms with Crippen molar-refractivity contribution >= 4 is 5.97 Å². The zero-order valence-electron chi connectivity index (χ0n) is 11.2. The van der Waals surface area contributed by atoms with Gasteiger partial charge in [0.2, 0.25) is 0 Å². The van der Waals surface area contributed by atoms with Crippen LogP contribution in [0.1, 0.15) is 5.82 Å². The van der Waals surface area contributed by atoms with Gasteiger partial charge < -0.3 is 5.11 Å². The van der Waals surface area contributed by atoms with E-state index in [4.69, 9.17) is 5.11 Å². The van der Waals surface area contributed by atoms with E-state index in [1.54, 1.807) is 4.57 Å². The number of benzene rings is 2. The molecular weight excluding hydrogens is 266 g/mol. The Balaban J connectivity index is 2.18. The zero-order valence-corrected chi connectivity index (χ0v) is 11.2. The maximum absolute atomic E-state index is 11.0. The lowest BCUT2D eigenvalue weighted by Gasteiger charge is -2.09. The Labute approximate surface area is 121 Å². The van der Waals surface area contributed by atoms with E-state index in [-0.39, 0.29) is 6.42 Å². The number of carbonyl (C=O) groups is 1. The van der Waals surface area contributed by atoms with Gasteiger partial charge in [0.05, 0.1) is 0 Å². The Hall–Kier alpha value is -2.95. The predicted molar refractivity (Wildman–Crippen MR) is 78.1 cm³/mol. The number of carboxylic acid groups (broad SMARTS) is 1. The van der Waals surface area contributed by atoms with E-state index < -0.39 is 5.97 Å². The Morgan fingerprint density at radius 1 is 0.952 bits per heavy atom. The van der Waals surface area contributed by atoms with Crippen molar-refractivity contribution < 1.29 is 9.90 Å². The van der Waals surface area contributed by atoms with Crippen LogP contribution in [0, 0.1) is 0 Å². The molecule has 0 radical (unpaired) electrons. The lowest BCUT2D eigenvalue weighted by Crippen LogP contribution is -2.08. The molecule has 1 aromatic heterocycles. The molecule has 0 aliphatic carbocycles. The highest BCUT2D eigenvalue weighted by Crippen LogP contribution is 2.22. The molecule has 1 N–H and O–H groups in total. The molecule has 0 unspecified atom stereocenters. The molecule has 0 fully saturated rings. The number of aromatic nitrogens is 3. The van der Waals surface area contributed by atoms with Gasteiger partial charge in [-0.15, -0.1) is 10.2 Å². The number of hydrogen-bond acceptors (Lipinski definition) is 3. The number of aliphatic carboxylic acids is 1. The molecule has 104 valence electrons. The summed E-state index contributed by atoms with van der Waals surface area (Å²) in [7, 11) is 0. The molecule has 0 saturated heterocycles. The zero-order chi connectivity index (χ0) is 14.7. The first-order valence-corrected chi connectivity index (χ1v) is 6.52. The Morgan fingerprint density at radius 2 is 1.57 bits per heavy atom. The van der Waals surface area contributed by atoms with E-state index >= 15 is 0 Å². The maximum atomic E-state index is 11.0. The molecule has 2 aromatic carbocycles. The molecule has 21 heavy (non-hydrogen) atoms. The topological polar surface area (TPSA) is 68.0 Å². The molecule has 0 spiro atoms. The van der Waals surface area contributed by atoms with Crippen LogP contribution in [0.15, 0.2) is 60.7 Å². The lowest BCUT2D eigenvalue weighted by molar-refractivity contribution is -0.136. The van der Waals surface area contributed by atoms with Crippen LogP contribution in [-0.2, 0) is 11.2 Å². The minimum absolute atomic E-state index is 0.172. The Kier molecular flexibility index (Phi) is 3.47. The molecule has 3 rings (SSSR count). The molecule has 3 aromatic rings. The van der Waals surface area contributed by atoms with Crippen molar-refractivity contribution in [2.75, 3.05) is 0 Å². The average molecular weight is 279 g/mol. The summed E-state index contributed by atoms with van der Waals surface area (Å²) < 4.78 is 1.78. The summed E-state index contributed by atoms with van der Waals surface area (Å²) in [6, 6.07) is 19.1. The van der Waals surface area contributed by atoms with E-state index in [0.29, 0.717) is 11.6 Å². The van der Waals surface area contributed by atoms with Gasteiger partial charge in [0.25, 0.3) is 0 Å². The highest BCUT2D eigenvalue weighted by molar-refractivity contribution is 5.70. The summed E-state index contributed by atoms with van der Waals surface area (Å²) in [4.78, 5) is 11.0.